The number of aromatic carboxylic acids is 1. The quantitative estimate of drug-likeness (QED) is 0.887. The Labute approximate surface area is 109 Å². The lowest BCUT2D eigenvalue weighted by Gasteiger charge is -2.15. The maximum atomic E-state index is 10.8. The van der Waals surface area contributed by atoms with Gasteiger partial charge >= 0.3 is 5.97 Å². The van der Waals surface area contributed by atoms with Crippen molar-refractivity contribution in [3.8, 4) is 0 Å². The molecule has 94 valence electrons. The van der Waals surface area contributed by atoms with Crippen molar-refractivity contribution in [2.75, 3.05) is 5.32 Å². The van der Waals surface area contributed by atoms with Gasteiger partial charge in [0.15, 0.2) is 0 Å². The smallest absolute Gasteiger partial charge is 0.335 e. The fraction of sp³-hybridized carbons (Fsp3) is 0.231. The monoisotopic (exact) mass is 262 g/mol. The molecular weight excluding hydrogens is 248 g/mol. The van der Waals surface area contributed by atoms with Crippen molar-refractivity contribution in [2.45, 2.75) is 19.9 Å². The molecule has 5 heteroatoms. The minimum Gasteiger partial charge on any atom is -0.478 e. The molecule has 0 aliphatic rings. The van der Waals surface area contributed by atoms with Gasteiger partial charge in [0.05, 0.1) is 22.8 Å². The summed E-state index contributed by atoms with van der Waals surface area (Å²) in [6.45, 7) is 3.92. The Hall–Kier alpha value is -1.88. The number of carboxylic acid groups (broad SMARTS) is 1. The van der Waals surface area contributed by atoms with Crippen LogP contribution in [0.2, 0.25) is 0 Å². The highest BCUT2D eigenvalue weighted by atomic mass is 32.1. The van der Waals surface area contributed by atoms with Crippen LogP contribution in [0.15, 0.2) is 29.1 Å². The van der Waals surface area contributed by atoms with Crippen molar-refractivity contribution in [1.82, 2.24) is 4.98 Å². The summed E-state index contributed by atoms with van der Waals surface area (Å²) in [5, 5.41) is 14.2. The maximum absolute atomic E-state index is 10.8. The predicted molar refractivity (Wildman–Crippen MR) is 72.3 cm³/mol. The van der Waals surface area contributed by atoms with Gasteiger partial charge in [0.2, 0.25) is 0 Å². The van der Waals surface area contributed by atoms with Gasteiger partial charge in [-0.25, -0.2) is 9.78 Å². The Kier molecular flexibility index (Phi) is 3.62. The number of nitrogens with one attached hydrogen (secondary N) is 1. The Bertz CT molecular complexity index is 552. The summed E-state index contributed by atoms with van der Waals surface area (Å²) in [6, 6.07) is 5.16. The zero-order chi connectivity index (χ0) is 13.1. The van der Waals surface area contributed by atoms with Gasteiger partial charge in [-0.3, -0.25) is 0 Å². The van der Waals surface area contributed by atoms with Gasteiger partial charge in [0, 0.05) is 11.1 Å². The molecule has 1 aromatic heterocycles. The lowest BCUT2D eigenvalue weighted by molar-refractivity contribution is 0.0697. The molecule has 2 rings (SSSR count). The lowest BCUT2D eigenvalue weighted by atomic mass is 10.1. The van der Waals surface area contributed by atoms with E-state index in [9.17, 15) is 4.79 Å². The summed E-state index contributed by atoms with van der Waals surface area (Å²) in [5.74, 6) is -0.905. The van der Waals surface area contributed by atoms with Crippen molar-refractivity contribution in [1.29, 1.82) is 0 Å². The van der Waals surface area contributed by atoms with Crippen molar-refractivity contribution >= 4 is 23.0 Å². The van der Waals surface area contributed by atoms with E-state index in [1.807, 2.05) is 19.2 Å². The molecule has 0 fully saturated rings. The number of benzene rings is 1. The number of aromatic nitrogens is 1. The van der Waals surface area contributed by atoms with Crippen LogP contribution in [0.5, 0.6) is 0 Å². The summed E-state index contributed by atoms with van der Waals surface area (Å²) < 4.78 is 0. The first-order chi connectivity index (χ1) is 8.58. The van der Waals surface area contributed by atoms with Crippen LogP contribution in [0.25, 0.3) is 0 Å². The molecule has 1 aromatic carbocycles. The molecule has 1 heterocycles. The molecular formula is C13H14N2O2S. The summed E-state index contributed by atoms with van der Waals surface area (Å²) in [4.78, 5) is 15.1. The number of anilines is 1. The van der Waals surface area contributed by atoms with Crippen LogP contribution in [0.3, 0.4) is 0 Å². The number of nitrogens with zero attached hydrogens (tertiary/aromatic N) is 1. The highest BCUT2D eigenvalue weighted by Gasteiger charge is 2.10. The maximum Gasteiger partial charge on any atom is 0.335 e. The second kappa shape index (κ2) is 5.18. The number of thiazole rings is 1. The fourth-order valence-electron chi connectivity index (χ4n) is 1.70. The summed E-state index contributed by atoms with van der Waals surface area (Å²) in [5.41, 5.74) is 4.94. The largest absolute Gasteiger partial charge is 0.478 e. The van der Waals surface area contributed by atoms with Crippen LogP contribution in [-0.4, -0.2) is 16.1 Å². The van der Waals surface area contributed by atoms with E-state index in [1.165, 1.54) is 0 Å². The average Bonchev–Trinajstić information content (AvgIpc) is 2.85. The first-order valence-corrected chi connectivity index (χ1v) is 6.51. The number of rotatable bonds is 4. The molecule has 0 amide bonds. The van der Waals surface area contributed by atoms with E-state index in [-0.39, 0.29) is 6.04 Å². The normalized spacial score (nSPS) is 12.1. The summed E-state index contributed by atoms with van der Waals surface area (Å²) >= 11 is 1.56. The van der Waals surface area contributed by atoms with Crippen molar-refractivity contribution in [2.24, 2.45) is 0 Å². The second-order valence-corrected chi connectivity index (χ2v) is 4.83. The van der Waals surface area contributed by atoms with Gasteiger partial charge < -0.3 is 10.4 Å². The van der Waals surface area contributed by atoms with Crippen LogP contribution < -0.4 is 5.32 Å². The first kappa shape index (κ1) is 12.6. The molecule has 2 aromatic rings. The van der Waals surface area contributed by atoms with Gasteiger partial charge in [-0.2, -0.15) is 0 Å². The fourth-order valence-corrected chi connectivity index (χ4v) is 2.35. The highest BCUT2D eigenvalue weighted by Crippen LogP contribution is 2.22. The predicted octanol–water partition coefficient (Wildman–Crippen LogP) is 3.32. The minimum atomic E-state index is -0.905. The van der Waals surface area contributed by atoms with E-state index in [0.717, 1.165) is 16.9 Å². The number of carbonyl (C=O) groups is 1. The molecule has 1 unspecified atom stereocenters. The highest BCUT2D eigenvalue weighted by molar-refractivity contribution is 7.07. The molecule has 0 aliphatic carbocycles. The molecule has 18 heavy (non-hydrogen) atoms. The van der Waals surface area contributed by atoms with E-state index >= 15 is 0 Å². The number of hydrogen-bond acceptors (Lipinski definition) is 4. The van der Waals surface area contributed by atoms with Gasteiger partial charge in [0.25, 0.3) is 0 Å². The van der Waals surface area contributed by atoms with Crippen LogP contribution in [0, 0.1) is 6.92 Å². The standard InChI is InChI=1S/C13H14N2O2S/c1-8-5-10(13(16)17)3-4-11(8)15-9(2)12-6-18-7-14-12/h3-7,9,15H,1-2H3,(H,16,17). The summed E-state index contributed by atoms with van der Waals surface area (Å²) in [7, 11) is 0. The molecule has 0 spiro atoms. The second-order valence-electron chi connectivity index (χ2n) is 4.11. The average molecular weight is 262 g/mol. The Morgan fingerprint density at radius 3 is 2.83 bits per heavy atom. The van der Waals surface area contributed by atoms with Crippen molar-refractivity contribution in [3.05, 3.63) is 45.9 Å². The van der Waals surface area contributed by atoms with Crippen LogP contribution in [0.1, 0.15) is 34.6 Å². The van der Waals surface area contributed by atoms with Gasteiger partial charge in [-0.1, -0.05) is 0 Å². The van der Waals surface area contributed by atoms with Crippen LogP contribution in [0.4, 0.5) is 5.69 Å². The molecule has 0 saturated carbocycles. The lowest BCUT2D eigenvalue weighted by Crippen LogP contribution is -2.08. The Morgan fingerprint density at radius 2 is 2.28 bits per heavy atom. The zero-order valence-corrected chi connectivity index (χ0v) is 11.0. The van der Waals surface area contributed by atoms with Gasteiger partial charge in [-0.15, -0.1) is 11.3 Å². The van der Waals surface area contributed by atoms with Gasteiger partial charge in [-0.05, 0) is 37.6 Å². The molecule has 0 radical (unpaired) electrons. The number of aryl methyl sites for hydroxylation is 1. The zero-order valence-electron chi connectivity index (χ0n) is 10.2. The van der Waals surface area contributed by atoms with Crippen LogP contribution in [-0.2, 0) is 0 Å². The third-order valence-electron chi connectivity index (χ3n) is 2.74. The molecule has 4 nitrogen and oxygen atoms in total. The number of hydrogen-bond donors (Lipinski definition) is 2. The molecule has 0 saturated heterocycles. The molecule has 2 N–H and O–H groups in total. The summed E-state index contributed by atoms with van der Waals surface area (Å²) in [6.07, 6.45) is 0. The topological polar surface area (TPSA) is 62.2 Å². The molecule has 0 aliphatic heterocycles. The van der Waals surface area contributed by atoms with Gasteiger partial charge in [0.1, 0.15) is 0 Å². The van der Waals surface area contributed by atoms with E-state index in [0.29, 0.717) is 5.56 Å². The molecule has 0 bridgehead atoms. The van der Waals surface area contributed by atoms with Crippen molar-refractivity contribution < 1.29 is 9.90 Å². The first-order valence-electron chi connectivity index (χ1n) is 5.56. The van der Waals surface area contributed by atoms with Crippen LogP contribution >= 0.6 is 11.3 Å². The third kappa shape index (κ3) is 2.68. The molecule has 1 atom stereocenters. The number of carboxylic acids is 1. The van der Waals surface area contributed by atoms with E-state index in [2.05, 4.69) is 10.3 Å². The van der Waals surface area contributed by atoms with E-state index in [1.54, 1.807) is 35.0 Å². The Morgan fingerprint density at radius 1 is 1.50 bits per heavy atom. The van der Waals surface area contributed by atoms with E-state index in [4.69, 9.17) is 5.11 Å². The van der Waals surface area contributed by atoms with Crippen molar-refractivity contribution in [3.63, 3.8) is 0 Å². The van der Waals surface area contributed by atoms with E-state index < -0.39 is 5.97 Å². The Balaban J connectivity index is 2.17. The third-order valence-corrected chi connectivity index (χ3v) is 3.35. The SMILES string of the molecule is Cc1cc(C(=O)O)ccc1NC(C)c1cscn1. The minimum absolute atomic E-state index is 0.102.